The van der Waals surface area contributed by atoms with E-state index >= 15 is 0 Å². The van der Waals surface area contributed by atoms with Crippen LogP contribution in [0.3, 0.4) is 0 Å². The Morgan fingerprint density at radius 3 is 2.62 bits per heavy atom. The van der Waals surface area contributed by atoms with Crippen LogP contribution in [0.5, 0.6) is 11.5 Å². The molecule has 104 valence electrons. The molecule has 2 aromatic carbocycles. The number of hydrogen-bond donors (Lipinski definition) is 1. The Morgan fingerprint density at radius 1 is 1.05 bits per heavy atom. The predicted octanol–water partition coefficient (Wildman–Crippen LogP) is 1.84. The molecule has 1 amide bonds. The molecule has 0 fully saturated rings. The molecule has 1 N–H and O–H groups in total. The van der Waals surface area contributed by atoms with Crippen molar-refractivity contribution in [3.05, 3.63) is 59.2 Å². The normalized spacial score (nSPS) is 15.8. The largest absolute Gasteiger partial charge is 0.454 e. The van der Waals surface area contributed by atoms with Crippen LogP contribution in [-0.2, 0) is 11.2 Å². The van der Waals surface area contributed by atoms with Crippen LogP contribution in [0, 0.1) is 0 Å². The summed E-state index contributed by atoms with van der Waals surface area (Å²) in [5.41, 5.74) is 6.04. The number of hydrazone groups is 1. The highest BCUT2D eigenvalue weighted by molar-refractivity contribution is 6.15. The van der Waals surface area contributed by atoms with Gasteiger partial charge in [0, 0.05) is 11.1 Å². The van der Waals surface area contributed by atoms with E-state index in [1.54, 1.807) is 0 Å². The summed E-state index contributed by atoms with van der Waals surface area (Å²) in [4.78, 5) is 11.8. The Labute approximate surface area is 121 Å². The molecular formula is C16H12N2O3. The van der Waals surface area contributed by atoms with E-state index in [0.29, 0.717) is 11.5 Å². The quantitative estimate of drug-likeness (QED) is 0.867. The maximum absolute atomic E-state index is 11.8. The highest BCUT2D eigenvalue weighted by Gasteiger charge is 2.24. The third-order valence-electron chi connectivity index (χ3n) is 3.54. The van der Waals surface area contributed by atoms with Gasteiger partial charge < -0.3 is 9.47 Å². The minimum absolute atomic E-state index is 0.138. The van der Waals surface area contributed by atoms with E-state index in [1.807, 2.05) is 42.5 Å². The van der Waals surface area contributed by atoms with E-state index in [0.717, 1.165) is 22.4 Å². The fraction of sp³-hybridized carbons (Fsp3) is 0.125. The number of nitrogens with one attached hydrogen (secondary N) is 1. The standard InChI is InChI=1S/C16H12N2O3/c19-15-7-11-6-13-14(21-9-20-13)8-12(11)16(18-17-15)10-4-2-1-3-5-10/h1-6,8H,7,9H2,(H,17,19). The number of rotatable bonds is 1. The van der Waals surface area contributed by atoms with Gasteiger partial charge in [-0.05, 0) is 17.7 Å². The van der Waals surface area contributed by atoms with E-state index < -0.39 is 0 Å². The van der Waals surface area contributed by atoms with Crippen LogP contribution < -0.4 is 14.9 Å². The van der Waals surface area contributed by atoms with Gasteiger partial charge in [0.1, 0.15) is 0 Å². The summed E-state index contributed by atoms with van der Waals surface area (Å²) in [7, 11) is 0. The van der Waals surface area contributed by atoms with E-state index in [2.05, 4.69) is 10.5 Å². The summed E-state index contributed by atoms with van der Waals surface area (Å²) in [6.07, 6.45) is 0.270. The highest BCUT2D eigenvalue weighted by atomic mass is 16.7. The number of fused-ring (bicyclic) bond motifs is 2. The summed E-state index contributed by atoms with van der Waals surface area (Å²) in [6, 6.07) is 13.5. The second-order valence-electron chi connectivity index (χ2n) is 4.90. The minimum atomic E-state index is -0.138. The molecule has 2 aromatic rings. The maximum Gasteiger partial charge on any atom is 0.244 e. The minimum Gasteiger partial charge on any atom is -0.454 e. The Hall–Kier alpha value is -2.82. The number of hydrogen-bond acceptors (Lipinski definition) is 4. The molecule has 0 saturated carbocycles. The Morgan fingerprint density at radius 2 is 1.81 bits per heavy atom. The van der Waals surface area contributed by atoms with Crippen molar-refractivity contribution in [3.8, 4) is 11.5 Å². The summed E-state index contributed by atoms with van der Waals surface area (Å²) in [6.45, 7) is 0.211. The van der Waals surface area contributed by atoms with Crippen LogP contribution >= 0.6 is 0 Å². The molecule has 0 radical (unpaired) electrons. The molecule has 2 aliphatic heterocycles. The fourth-order valence-corrected chi connectivity index (χ4v) is 2.56. The SMILES string of the molecule is O=C1Cc2cc3c(cc2C(c2ccccc2)=NN1)OCO3. The van der Waals surface area contributed by atoms with E-state index in [-0.39, 0.29) is 19.1 Å². The third kappa shape index (κ3) is 2.03. The molecular weight excluding hydrogens is 268 g/mol. The molecule has 0 saturated heterocycles. The van der Waals surface area contributed by atoms with E-state index in [1.165, 1.54) is 0 Å². The fourth-order valence-electron chi connectivity index (χ4n) is 2.56. The van der Waals surface area contributed by atoms with Crippen LogP contribution in [-0.4, -0.2) is 18.4 Å². The lowest BCUT2D eigenvalue weighted by molar-refractivity contribution is -0.120. The molecule has 0 aliphatic carbocycles. The van der Waals surface area contributed by atoms with Gasteiger partial charge in [0.25, 0.3) is 0 Å². The van der Waals surface area contributed by atoms with Crippen molar-refractivity contribution in [2.45, 2.75) is 6.42 Å². The molecule has 4 rings (SSSR count). The molecule has 5 nitrogen and oxygen atoms in total. The van der Waals surface area contributed by atoms with Gasteiger partial charge in [-0.1, -0.05) is 30.3 Å². The lowest BCUT2D eigenvalue weighted by Crippen LogP contribution is -2.18. The van der Waals surface area contributed by atoms with Gasteiger partial charge in [-0.15, -0.1) is 0 Å². The molecule has 0 bridgehead atoms. The molecule has 5 heteroatoms. The second-order valence-corrected chi connectivity index (χ2v) is 4.90. The molecule has 0 spiro atoms. The van der Waals surface area contributed by atoms with Crippen LogP contribution in [0.2, 0.25) is 0 Å². The van der Waals surface area contributed by atoms with Gasteiger partial charge in [-0.25, -0.2) is 5.43 Å². The molecule has 0 aromatic heterocycles. The summed E-state index contributed by atoms with van der Waals surface area (Å²) in [5.74, 6) is 1.23. The molecule has 2 heterocycles. The lowest BCUT2D eigenvalue weighted by atomic mass is 9.95. The summed E-state index contributed by atoms with van der Waals surface area (Å²) < 4.78 is 10.8. The predicted molar refractivity (Wildman–Crippen MR) is 76.5 cm³/mol. The number of amides is 1. The summed E-state index contributed by atoms with van der Waals surface area (Å²) in [5, 5.41) is 4.26. The van der Waals surface area contributed by atoms with Crippen molar-refractivity contribution >= 4 is 11.6 Å². The van der Waals surface area contributed by atoms with Gasteiger partial charge in [0.15, 0.2) is 11.5 Å². The van der Waals surface area contributed by atoms with Crippen molar-refractivity contribution in [1.82, 2.24) is 5.43 Å². The molecule has 0 atom stereocenters. The van der Waals surface area contributed by atoms with Crippen molar-refractivity contribution in [2.75, 3.05) is 6.79 Å². The van der Waals surface area contributed by atoms with Gasteiger partial charge in [-0.2, -0.15) is 5.10 Å². The smallest absolute Gasteiger partial charge is 0.244 e. The van der Waals surface area contributed by atoms with Gasteiger partial charge >= 0.3 is 0 Å². The monoisotopic (exact) mass is 280 g/mol. The van der Waals surface area contributed by atoms with Crippen molar-refractivity contribution in [2.24, 2.45) is 5.10 Å². The Balaban J connectivity index is 1.91. The van der Waals surface area contributed by atoms with Crippen LogP contribution in [0.15, 0.2) is 47.6 Å². The first-order valence-corrected chi connectivity index (χ1v) is 6.66. The highest BCUT2D eigenvalue weighted by Crippen LogP contribution is 2.36. The van der Waals surface area contributed by atoms with Crippen molar-refractivity contribution in [1.29, 1.82) is 0 Å². The van der Waals surface area contributed by atoms with Gasteiger partial charge in [-0.3, -0.25) is 4.79 Å². The zero-order chi connectivity index (χ0) is 14.2. The topological polar surface area (TPSA) is 59.9 Å². The van der Waals surface area contributed by atoms with Crippen LogP contribution in [0.25, 0.3) is 0 Å². The number of carbonyl (C=O) groups excluding carboxylic acids is 1. The number of nitrogens with zero attached hydrogens (tertiary/aromatic N) is 1. The summed E-state index contributed by atoms with van der Waals surface area (Å²) >= 11 is 0. The Kier molecular flexibility index (Phi) is 2.64. The van der Waals surface area contributed by atoms with Crippen LogP contribution in [0.4, 0.5) is 0 Å². The van der Waals surface area contributed by atoms with E-state index in [9.17, 15) is 4.79 Å². The number of benzene rings is 2. The molecule has 0 unspecified atom stereocenters. The average Bonchev–Trinajstić information content (AvgIpc) is 2.89. The molecule has 21 heavy (non-hydrogen) atoms. The Bertz CT molecular complexity index is 754. The van der Waals surface area contributed by atoms with Gasteiger partial charge in [0.2, 0.25) is 12.7 Å². The second kappa shape index (κ2) is 4.63. The zero-order valence-electron chi connectivity index (χ0n) is 11.1. The number of carbonyl (C=O) groups is 1. The lowest BCUT2D eigenvalue weighted by Gasteiger charge is -2.10. The zero-order valence-corrected chi connectivity index (χ0v) is 11.1. The first kappa shape index (κ1) is 12.0. The maximum atomic E-state index is 11.8. The van der Waals surface area contributed by atoms with Crippen LogP contribution in [0.1, 0.15) is 16.7 Å². The average molecular weight is 280 g/mol. The first-order valence-electron chi connectivity index (χ1n) is 6.66. The van der Waals surface area contributed by atoms with Crippen molar-refractivity contribution in [3.63, 3.8) is 0 Å². The molecule has 2 aliphatic rings. The van der Waals surface area contributed by atoms with Gasteiger partial charge in [0.05, 0.1) is 12.1 Å². The first-order chi connectivity index (χ1) is 10.3. The van der Waals surface area contributed by atoms with Crippen molar-refractivity contribution < 1.29 is 14.3 Å². The third-order valence-corrected chi connectivity index (χ3v) is 3.54. The van der Waals surface area contributed by atoms with E-state index in [4.69, 9.17) is 9.47 Å². The number of ether oxygens (including phenoxy) is 2.